The van der Waals surface area contributed by atoms with Crippen molar-refractivity contribution in [1.29, 1.82) is 0 Å². The predicted octanol–water partition coefficient (Wildman–Crippen LogP) is 4.40. The number of carboxylic acids is 1. The number of alkyl halides is 1. The van der Waals surface area contributed by atoms with E-state index < -0.39 is 5.97 Å². The van der Waals surface area contributed by atoms with Gasteiger partial charge in [-0.2, -0.15) is 0 Å². The molecular formula is C15H15BrO3. The van der Waals surface area contributed by atoms with Crippen molar-refractivity contribution in [2.24, 2.45) is 0 Å². The highest BCUT2D eigenvalue weighted by Crippen LogP contribution is 2.27. The number of furan rings is 1. The maximum Gasteiger partial charge on any atom is 0.339 e. The van der Waals surface area contributed by atoms with Crippen molar-refractivity contribution in [3.63, 3.8) is 0 Å². The van der Waals surface area contributed by atoms with Crippen LogP contribution in [0.3, 0.4) is 0 Å². The van der Waals surface area contributed by atoms with Crippen LogP contribution in [0.25, 0.3) is 11.0 Å². The summed E-state index contributed by atoms with van der Waals surface area (Å²) in [4.78, 5) is 11.6. The first-order valence-electron chi connectivity index (χ1n) is 6.13. The number of aromatic carboxylic acids is 1. The number of rotatable bonds is 6. The van der Waals surface area contributed by atoms with Crippen molar-refractivity contribution in [2.75, 3.05) is 0 Å². The number of hydrogen-bond acceptors (Lipinski definition) is 2. The Morgan fingerprint density at radius 3 is 2.89 bits per heavy atom. The quantitative estimate of drug-likeness (QED) is 0.633. The minimum Gasteiger partial charge on any atom is -0.478 e. The summed E-state index contributed by atoms with van der Waals surface area (Å²) in [6.07, 6.45) is 4.20. The second-order valence-electron chi connectivity index (χ2n) is 4.35. The molecule has 0 aliphatic rings. The molecule has 1 aromatic heterocycles. The number of fused-ring (bicyclic) bond motifs is 1. The van der Waals surface area contributed by atoms with Crippen molar-refractivity contribution in [2.45, 2.75) is 24.1 Å². The van der Waals surface area contributed by atoms with Crippen LogP contribution in [0.4, 0.5) is 0 Å². The molecule has 0 radical (unpaired) electrons. The van der Waals surface area contributed by atoms with E-state index in [1.807, 2.05) is 18.2 Å². The summed E-state index contributed by atoms with van der Waals surface area (Å²) in [5.74, 6) is -0.378. The molecule has 2 aromatic rings. The van der Waals surface area contributed by atoms with Crippen LogP contribution >= 0.6 is 15.9 Å². The van der Waals surface area contributed by atoms with E-state index in [9.17, 15) is 9.90 Å². The fourth-order valence-electron chi connectivity index (χ4n) is 2.08. The van der Waals surface area contributed by atoms with E-state index in [4.69, 9.17) is 4.42 Å². The highest BCUT2D eigenvalue weighted by Gasteiger charge is 2.19. The van der Waals surface area contributed by atoms with Crippen LogP contribution in [0, 0.1) is 0 Å². The van der Waals surface area contributed by atoms with Crippen LogP contribution in [0.5, 0.6) is 0 Å². The number of hydrogen-bond donors (Lipinski definition) is 1. The lowest BCUT2D eigenvalue weighted by atomic mass is 10.1. The van der Waals surface area contributed by atoms with Crippen LogP contribution < -0.4 is 0 Å². The summed E-state index contributed by atoms with van der Waals surface area (Å²) in [5, 5.41) is 9.99. The Bertz CT molecular complexity index is 600. The summed E-state index contributed by atoms with van der Waals surface area (Å²) >= 11 is 3.47. The smallest absolute Gasteiger partial charge is 0.339 e. The molecule has 0 saturated heterocycles. The number of carbonyl (C=O) groups is 1. The standard InChI is InChI=1S/C15H15BrO3/c1-2-10(16)6-5-9-13-14(15(17)18)11-7-3-4-8-12(11)19-13/h2-4,7-8,10H,1,5-6,9H2,(H,17,18). The predicted molar refractivity (Wildman–Crippen MR) is 79.0 cm³/mol. The van der Waals surface area contributed by atoms with Gasteiger partial charge in [0, 0.05) is 16.6 Å². The molecule has 1 heterocycles. The molecule has 3 nitrogen and oxygen atoms in total. The molecule has 0 amide bonds. The van der Waals surface area contributed by atoms with Crippen molar-refractivity contribution < 1.29 is 14.3 Å². The molecule has 0 fully saturated rings. The average Bonchev–Trinajstić information content (AvgIpc) is 2.76. The number of para-hydroxylation sites is 1. The molecule has 0 bridgehead atoms. The Balaban J connectivity index is 2.24. The monoisotopic (exact) mass is 322 g/mol. The Kier molecular flexibility index (Phi) is 4.43. The van der Waals surface area contributed by atoms with Gasteiger partial charge in [0.2, 0.25) is 0 Å². The SMILES string of the molecule is C=CC(Br)CCCc1oc2ccccc2c1C(=O)O. The third-order valence-corrected chi connectivity index (χ3v) is 3.85. The van der Waals surface area contributed by atoms with Crippen LogP contribution in [-0.2, 0) is 6.42 Å². The first-order chi connectivity index (χ1) is 9.13. The number of halogens is 1. The van der Waals surface area contributed by atoms with Crippen molar-refractivity contribution in [1.82, 2.24) is 0 Å². The summed E-state index contributed by atoms with van der Waals surface area (Å²) in [6, 6.07) is 7.24. The van der Waals surface area contributed by atoms with E-state index in [2.05, 4.69) is 22.5 Å². The van der Waals surface area contributed by atoms with E-state index in [-0.39, 0.29) is 4.83 Å². The fraction of sp³-hybridized carbons (Fsp3) is 0.267. The molecule has 1 atom stereocenters. The summed E-state index contributed by atoms with van der Waals surface area (Å²) < 4.78 is 5.65. The van der Waals surface area contributed by atoms with E-state index in [0.717, 1.165) is 12.8 Å². The number of allylic oxidation sites excluding steroid dienone is 1. The van der Waals surface area contributed by atoms with Gasteiger partial charge < -0.3 is 9.52 Å². The van der Waals surface area contributed by atoms with Gasteiger partial charge >= 0.3 is 5.97 Å². The van der Waals surface area contributed by atoms with Crippen molar-refractivity contribution >= 4 is 32.9 Å². The van der Waals surface area contributed by atoms with Crippen LogP contribution in [0.1, 0.15) is 29.0 Å². The minimum atomic E-state index is -0.931. The molecule has 0 saturated carbocycles. The fourth-order valence-corrected chi connectivity index (χ4v) is 2.41. The molecular weight excluding hydrogens is 308 g/mol. The van der Waals surface area contributed by atoms with Crippen molar-refractivity contribution in [3.8, 4) is 0 Å². The van der Waals surface area contributed by atoms with Gasteiger partial charge in [0.1, 0.15) is 16.9 Å². The van der Waals surface area contributed by atoms with E-state index in [0.29, 0.717) is 28.7 Å². The third kappa shape index (κ3) is 3.07. The molecule has 1 unspecified atom stereocenters. The summed E-state index contributed by atoms with van der Waals surface area (Å²) in [5.41, 5.74) is 0.925. The van der Waals surface area contributed by atoms with Gasteiger partial charge in [-0.1, -0.05) is 40.2 Å². The van der Waals surface area contributed by atoms with Crippen LogP contribution in [-0.4, -0.2) is 15.9 Å². The van der Waals surface area contributed by atoms with E-state index in [1.54, 1.807) is 12.1 Å². The Morgan fingerprint density at radius 2 is 2.21 bits per heavy atom. The largest absolute Gasteiger partial charge is 0.478 e. The molecule has 0 spiro atoms. The molecule has 100 valence electrons. The molecule has 0 aliphatic carbocycles. The highest BCUT2D eigenvalue weighted by atomic mass is 79.9. The average molecular weight is 323 g/mol. The molecule has 19 heavy (non-hydrogen) atoms. The summed E-state index contributed by atoms with van der Waals surface area (Å²) in [6.45, 7) is 3.70. The molecule has 0 aliphatic heterocycles. The second kappa shape index (κ2) is 6.06. The van der Waals surface area contributed by atoms with Gasteiger partial charge in [-0.25, -0.2) is 4.79 Å². The zero-order valence-corrected chi connectivity index (χ0v) is 12.0. The molecule has 1 N–H and O–H groups in total. The minimum absolute atomic E-state index is 0.255. The Labute approximate surface area is 120 Å². The first-order valence-corrected chi connectivity index (χ1v) is 7.05. The van der Waals surface area contributed by atoms with Gasteiger partial charge in [-0.3, -0.25) is 0 Å². The number of carboxylic acid groups (broad SMARTS) is 1. The first kappa shape index (κ1) is 13.9. The number of benzene rings is 1. The van der Waals surface area contributed by atoms with Gasteiger partial charge in [-0.15, -0.1) is 6.58 Å². The maximum absolute atomic E-state index is 11.4. The number of aryl methyl sites for hydroxylation is 1. The van der Waals surface area contributed by atoms with Crippen molar-refractivity contribution in [3.05, 3.63) is 48.2 Å². The lowest BCUT2D eigenvalue weighted by Crippen LogP contribution is -2.01. The zero-order valence-electron chi connectivity index (χ0n) is 10.4. The zero-order chi connectivity index (χ0) is 13.8. The van der Waals surface area contributed by atoms with Gasteiger partial charge in [0.05, 0.1) is 0 Å². The van der Waals surface area contributed by atoms with E-state index >= 15 is 0 Å². The van der Waals surface area contributed by atoms with Gasteiger partial charge in [0.15, 0.2) is 0 Å². The summed E-state index contributed by atoms with van der Waals surface area (Å²) in [7, 11) is 0. The lowest BCUT2D eigenvalue weighted by molar-refractivity contribution is 0.0696. The van der Waals surface area contributed by atoms with Crippen LogP contribution in [0.15, 0.2) is 41.3 Å². The van der Waals surface area contributed by atoms with Gasteiger partial charge in [-0.05, 0) is 18.9 Å². The molecule has 1 aromatic carbocycles. The second-order valence-corrected chi connectivity index (χ2v) is 5.52. The maximum atomic E-state index is 11.4. The molecule has 2 rings (SSSR count). The van der Waals surface area contributed by atoms with E-state index in [1.165, 1.54) is 0 Å². The normalized spacial score (nSPS) is 12.5. The Morgan fingerprint density at radius 1 is 1.47 bits per heavy atom. The van der Waals surface area contributed by atoms with Gasteiger partial charge in [0.25, 0.3) is 0 Å². The Hall–Kier alpha value is -1.55. The molecule has 4 heteroatoms. The lowest BCUT2D eigenvalue weighted by Gasteiger charge is -2.03. The highest BCUT2D eigenvalue weighted by molar-refractivity contribution is 9.09. The third-order valence-electron chi connectivity index (χ3n) is 3.02. The topological polar surface area (TPSA) is 50.4 Å². The van der Waals surface area contributed by atoms with Crippen LogP contribution in [0.2, 0.25) is 0 Å².